The van der Waals surface area contributed by atoms with Crippen LogP contribution in [0.1, 0.15) is 30.0 Å². The van der Waals surface area contributed by atoms with Gasteiger partial charge in [0.15, 0.2) is 0 Å². The molecule has 4 aromatic rings. The first-order valence-electron chi connectivity index (χ1n) is 14.7. The van der Waals surface area contributed by atoms with Gasteiger partial charge < -0.3 is 10.2 Å². The lowest BCUT2D eigenvalue weighted by Gasteiger charge is -2.34. The Morgan fingerprint density at radius 3 is 2.11 bits per heavy atom. The number of anilines is 1. The van der Waals surface area contributed by atoms with Crippen molar-refractivity contribution in [2.45, 2.75) is 49.1 Å². The minimum Gasteiger partial charge on any atom is -0.354 e. The van der Waals surface area contributed by atoms with Gasteiger partial charge in [0.1, 0.15) is 18.4 Å². The van der Waals surface area contributed by atoms with E-state index in [1.54, 1.807) is 48.5 Å². The Balaban J connectivity index is 1.78. The van der Waals surface area contributed by atoms with Gasteiger partial charge in [-0.1, -0.05) is 67.1 Å². The number of aryl methyl sites for hydroxylation is 1. The molecule has 0 aromatic heterocycles. The van der Waals surface area contributed by atoms with Crippen molar-refractivity contribution in [3.8, 4) is 0 Å². The summed E-state index contributed by atoms with van der Waals surface area (Å²) in [4.78, 5) is 30.4. The van der Waals surface area contributed by atoms with Crippen LogP contribution in [0.25, 0.3) is 0 Å². The first kappa shape index (κ1) is 33.7. The van der Waals surface area contributed by atoms with Crippen LogP contribution in [0.4, 0.5) is 10.1 Å². The molecule has 4 rings (SSSR count). The van der Waals surface area contributed by atoms with E-state index in [0.29, 0.717) is 24.2 Å². The smallest absolute Gasteiger partial charge is 0.264 e. The van der Waals surface area contributed by atoms with E-state index in [0.717, 1.165) is 20.3 Å². The number of carbonyl (C=O) groups is 2. The normalized spacial score (nSPS) is 11.9. The van der Waals surface area contributed by atoms with Gasteiger partial charge in [-0.05, 0) is 79.3 Å². The molecule has 7 nitrogen and oxygen atoms in total. The zero-order valence-electron chi connectivity index (χ0n) is 25.6. The first-order chi connectivity index (χ1) is 21.6. The molecular weight excluding hydrogens is 610 g/mol. The van der Waals surface area contributed by atoms with Crippen LogP contribution in [0.5, 0.6) is 0 Å². The summed E-state index contributed by atoms with van der Waals surface area (Å²) in [6, 6.07) is 27.5. The minimum atomic E-state index is -4.19. The Hall–Kier alpha value is -4.15. The standard InChI is InChI=1S/C35H38FN3O4S2/c1-4-22-37-35(41)33(23-27-8-6-5-7-9-27)38(24-28-12-14-29(36)15-13-28)34(40)25-39(30-16-10-26(2)11-17-30)45(42,43)32-20-18-31(44-3)19-21-32/h5-21,33H,4,22-25H2,1-3H3,(H,37,41)/t33-/m1/s1. The summed E-state index contributed by atoms with van der Waals surface area (Å²) in [5.74, 6) is -1.35. The number of rotatable bonds is 14. The van der Waals surface area contributed by atoms with Gasteiger partial charge >= 0.3 is 0 Å². The molecule has 0 aliphatic carbocycles. The maximum absolute atomic E-state index is 14.4. The zero-order valence-corrected chi connectivity index (χ0v) is 27.3. The Labute approximate surface area is 269 Å². The fourth-order valence-corrected chi connectivity index (χ4v) is 6.64. The zero-order chi connectivity index (χ0) is 32.4. The lowest BCUT2D eigenvalue weighted by Crippen LogP contribution is -2.53. The molecule has 0 fully saturated rings. The van der Waals surface area contributed by atoms with E-state index < -0.39 is 34.3 Å². The second-order valence-corrected chi connectivity index (χ2v) is 13.4. The third-order valence-corrected chi connectivity index (χ3v) is 9.87. The molecule has 0 saturated carbocycles. The van der Waals surface area contributed by atoms with Crippen molar-refractivity contribution in [1.29, 1.82) is 0 Å². The predicted molar refractivity (Wildman–Crippen MR) is 178 cm³/mol. The summed E-state index contributed by atoms with van der Waals surface area (Å²) in [6.07, 6.45) is 2.81. The van der Waals surface area contributed by atoms with Crippen molar-refractivity contribution in [3.05, 3.63) is 126 Å². The average Bonchev–Trinajstić information content (AvgIpc) is 3.05. The van der Waals surface area contributed by atoms with E-state index in [-0.39, 0.29) is 23.8 Å². The molecule has 0 aliphatic rings. The van der Waals surface area contributed by atoms with Crippen LogP contribution >= 0.6 is 11.8 Å². The third kappa shape index (κ3) is 8.95. The number of hydrogen-bond donors (Lipinski definition) is 1. The van der Waals surface area contributed by atoms with Gasteiger partial charge in [-0.15, -0.1) is 11.8 Å². The molecule has 1 N–H and O–H groups in total. The van der Waals surface area contributed by atoms with Crippen LogP contribution in [0, 0.1) is 12.7 Å². The van der Waals surface area contributed by atoms with Crippen molar-refractivity contribution in [1.82, 2.24) is 10.2 Å². The van der Waals surface area contributed by atoms with Gasteiger partial charge in [0.2, 0.25) is 11.8 Å². The van der Waals surface area contributed by atoms with Gasteiger partial charge in [0, 0.05) is 24.4 Å². The quantitative estimate of drug-likeness (QED) is 0.164. The van der Waals surface area contributed by atoms with E-state index in [1.165, 1.54) is 40.9 Å². The molecule has 2 amide bonds. The van der Waals surface area contributed by atoms with Gasteiger partial charge in [-0.3, -0.25) is 13.9 Å². The fraction of sp³-hybridized carbons (Fsp3) is 0.257. The molecule has 10 heteroatoms. The number of benzene rings is 4. The number of thioether (sulfide) groups is 1. The molecule has 1 atom stereocenters. The maximum atomic E-state index is 14.4. The number of carbonyl (C=O) groups excluding carboxylic acids is 2. The van der Waals surface area contributed by atoms with Crippen molar-refractivity contribution >= 4 is 39.3 Å². The van der Waals surface area contributed by atoms with E-state index in [1.807, 2.05) is 50.4 Å². The maximum Gasteiger partial charge on any atom is 0.264 e. The minimum absolute atomic E-state index is 0.0274. The molecule has 236 valence electrons. The molecule has 4 aromatic carbocycles. The summed E-state index contributed by atoms with van der Waals surface area (Å²) >= 11 is 1.49. The van der Waals surface area contributed by atoms with E-state index >= 15 is 0 Å². The largest absolute Gasteiger partial charge is 0.354 e. The highest BCUT2D eigenvalue weighted by molar-refractivity contribution is 7.98. The van der Waals surface area contributed by atoms with Crippen molar-refractivity contribution in [3.63, 3.8) is 0 Å². The molecular formula is C35H38FN3O4S2. The number of nitrogens with zero attached hydrogens (tertiary/aromatic N) is 2. The van der Waals surface area contributed by atoms with Crippen molar-refractivity contribution < 1.29 is 22.4 Å². The van der Waals surface area contributed by atoms with Gasteiger partial charge in [0.05, 0.1) is 10.6 Å². The Kier molecular flexibility index (Phi) is 11.8. The average molecular weight is 648 g/mol. The fourth-order valence-electron chi connectivity index (χ4n) is 4.82. The second-order valence-electron chi connectivity index (χ2n) is 10.7. The molecule has 0 spiro atoms. The SMILES string of the molecule is CCCNC(=O)[C@@H](Cc1ccccc1)N(Cc1ccc(F)cc1)C(=O)CN(c1ccc(C)cc1)S(=O)(=O)c1ccc(SC)cc1. The second kappa shape index (κ2) is 15.7. The van der Waals surface area contributed by atoms with Crippen LogP contribution < -0.4 is 9.62 Å². The molecule has 0 radical (unpaired) electrons. The Morgan fingerprint density at radius 2 is 1.51 bits per heavy atom. The van der Waals surface area contributed by atoms with Crippen LogP contribution in [-0.4, -0.2) is 50.5 Å². The molecule has 0 aliphatic heterocycles. The van der Waals surface area contributed by atoms with Gasteiger partial charge in [-0.25, -0.2) is 12.8 Å². The van der Waals surface area contributed by atoms with E-state index in [9.17, 15) is 22.4 Å². The highest BCUT2D eigenvalue weighted by atomic mass is 32.2. The summed E-state index contributed by atoms with van der Waals surface area (Å²) < 4.78 is 43.2. The number of sulfonamides is 1. The Bertz CT molecular complexity index is 1670. The number of nitrogens with one attached hydrogen (secondary N) is 1. The number of halogens is 1. The molecule has 0 heterocycles. The topological polar surface area (TPSA) is 86.8 Å². The predicted octanol–water partition coefficient (Wildman–Crippen LogP) is 6.22. The lowest BCUT2D eigenvalue weighted by molar-refractivity contribution is -0.140. The van der Waals surface area contributed by atoms with Crippen LogP contribution in [0.15, 0.2) is 113 Å². The molecule has 0 saturated heterocycles. The number of amides is 2. The molecule has 45 heavy (non-hydrogen) atoms. The monoisotopic (exact) mass is 647 g/mol. The lowest BCUT2D eigenvalue weighted by atomic mass is 10.0. The highest BCUT2D eigenvalue weighted by Gasteiger charge is 2.34. The summed E-state index contributed by atoms with van der Waals surface area (Å²) in [7, 11) is -4.19. The van der Waals surface area contributed by atoms with E-state index in [2.05, 4.69) is 5.32 Å². The third-order valence-electron chi connectivity index (χ3n) is 7.33. The van der Waals surface area contributed by atoms with Crippen LogP contribution in [-0.2, 0) is 32.6 Å². The van der Waals surface area contributed by atoms with Gasteiger partial charge in [0.25, 0.3) is 10.0 Å². The summed E-state index contributed by atoms with van der Waals surface area (Å²) in [6.45, 7) is 3.66. The molecule has 0 unspecified atom stereocenters. The van der Waals surface area contributed by atoms with Gasteiger partial charge in [-0.2, -0.15) is 0 Å². The Morgan fingerprint density at radius 1 is 0.867 bits per heavy atom. The molecule has 0 bridgehead atoms. The first-order valence-corrected chi connectivity index (χ1v) is 17.4. The van der Waals surface area contributed by atoms with Crippen LogP contribution in [0.2, 0.25) is 0 Å². The van der Waals surface area contributed by atoms with Crippen molar-refractivity contribution in [2.24, 2.45) is 0 Å². The van der Waals surface area contributed by atoms with E-state index in [4.69, 9.17) is 0 Å². The van der Waals surface area contributed by atoms with Crippen molar-refractivity contribution in [2.75, 3.05) is 23.7 Å². The van der Waals surface area contributed by atoms with Crippen LogP contribution in [0.3, 0.4) is 0 Å². The summed E-state index contributed by atoms with van der Waals surface area (Å²) in [5, 5.41) is 2.91. The summed E-state index contributed by atoms with van der Waals surface area (Å²) in [5.41, 5.74) is 2.69. The highest BCUT2D eigenvalue weighted by Crippen LogP contribution is 2.27. The number of hydrogen-bond acceptors (Lipinski definition) is 5.